The van der Waals surface area contributed by atoms with Gasteiger partial charge in [0.25, 0.3) is 0 Å². The van der Waals surface area contributed by atoms with E-state index < -0.39 is 0 Å². The highest BCUT2D eigenvalue weighted by molar-refractivity contribution is 4.60. The molecule has 0 radical (unpaired) electrons. The monoisotopic (exact) mass is 196 g/mol. The Bertz CT molecular complexity index is 125. The van der Waals surface area contributed by atoms with E-state index in [4.69, 9.17) is 11.8 Å². The Labute approximate surface area is 88.9 Å². The van der Waals surface area contributed by atoms with Gasteiger partial charge in [-0.25, -0.2) is 0 Å². The van der Waals surface area contributed by atoms with Gasteiger partial charge in [-0.2, -0.15) is 0 Å². The van der Waals surface area contributed by atoms with Gasteiger partial charge in [-0.15, -0.1) is 0 Å². The smallest absolute Gasteiger partial charge is 0.0874 e. The number of hydrogen-bond acceptors (Lipinski definition) is 1. The van der Waals surface area contributed by atoms with Gasteiger partial charge in [-0.3, -0.25) is 0 Å². The molecule has 2 atom stereocenters. The fourth-order valence-electron chi connectivity index (χ4n) is 2.50. The number of nitrogens with zero attached hydrogens (tertiary/aromatic N) is 1. The maximum Gasteiger partial charge on any atom is 0.0874 e. The van der Waals surface area contributed by atoms with Crippen molar-refractivity contribution in [1.82, 2.24) is 0 Å². The fraction of sp³-hybridized carbons (Fsp3) is 0.917. The predicted octanol–water partition coefficient (Wildman–Crippen LogP) is 1.73. The second-order valence-corrected chi connectivity index (χ2v) is 4.14. The first kappa shape index (κ1) is 13.4. The Kier molecular flexibility index (Phi) is 8.67. The summed E-state index contributed by atoms with van der Waals surface area (Å²) in [7, 11) is 0. The maximum absolute atomic E-state index is 6.25. The third-order valence-corrected chi connectivity index (χ3v) is 3.09. The van der Waals surface area contributed by atoms with Crippen molar-refractivity contribution in [3.63, 3.8) is 0 Å². The summed E-state index contributed by atoms with van der Waals surface area (Å²) in [6, 6.07) is 1.00. The molecular weight excluding hydrogens is 172 g/mol. The lowest BCUT2D eigenvalue weighted by Crippen LogP contribution is -3.16. The molecule has 1 fully saturated rings. The average Bonchev–Trinajstić information content (AvgIpc) is 2.25. The van der Waals surface area contributed by atoms with Gasteiger partial charge in [-0.05, 0) is 32.1 Å². The van der Waals surface area contributed by atoms with E-state index in [0.717, 1.165) is 6.04 Å². The fourth-order valence-corrected chi connectivity index (χ4v) is 2.50. The van der Waals surface area contributed by atoms with Crippen molar-refractivity contribution in [3.8, 4) is 0 Å². The summed E-state index contributed by atoms with van der Waals surface area (Å²) in [5, 5.41) is 6.25. The Hall–Kier alpha value is -0.550. The third-order valence-electron chi connectivity index (χ3n) is 3.09. The minimum absolute atomic E-state index is 1.00. The Balaban J connectivity index is 0.000000791. The normalized spacial score (nSPS) is 26.3. The van der Waals surface area contributed by atoms with E-state index in [-0.39, 0.29) is 0 Å². The number of nitrogens with one attached hydrogen (secondary N) is 1. The van der Waals surface area contributed by atoms with Crippen LogP contribution in [0.1, 0.15) is 52.4 Å². The Morgan fingerprint density at radius 1 is 1.21 bits per heavy atom. The SMILES string of the molecule is CCCC1CCCC[NH+]1CCC.[C-]#N. The lowest BCUT2D eigenvalue weighted by Gasteiger charge is -2.32. The van der Waals surface area contributed by atoms with Crippen molar-refractivity contribution in [2.45, 2.75) is 58.4 Å². The minimum Gasteiger partial charge on any atom is -0.512 e. The van der Waals surface area contributed by atoms with Crippen LogP contribution < -0.4 is 4.90 Å². The molecule has 0 saturated carbocycles. The molecule has 2 unspecified atom stereocenters. The molecular formula is C12H24N2. The Morgan fingerprint density at radius 2 is 1.93 bits per heavy atom. The highest BCUT2D eigenvalue weighted by Gasteiger charge is 2.23. The van der Waals surface area contributed by atoms with Crippen molar-refractivity contribution in [1.29, 1.82) is 5.26 Å². The molecule has 1 heterocycles. The predicted molar refractivity (Wildman–Crippen MR) is 58.5 cm³/mol. The van der Waals surface area contributed by atoms with Crippen LogP contribution in [0.2, 0.25) is 0 Å². The van der Waals surface area contributed by atoms with Gasteiger partial charge < -0.3 is 16.7 Å². The molecule has 0 aliphatic carbocycles. The molecule has 0 amide bonds. The van der Waals surface area contributed by atoms with Crippen molar-refractivity contribution >= 4 is 0 Å². The molecule has 0 aromatic heterocycles. The molecule has 2 nitrogen and oxygen atoms in total. The highest BCUT2D eigenvalue weighted by Crippen LogP contribution is 2.07. The van der Waals surface area contributed by atoms with Gasteiger partial charge in [0.15, 0.2) is 0 Å². The standard InChI is InChI=1S/C11H23N.CN/c1-3-7-11-8-5-6-10-12(11)9-4-2;1-2/h11H,3-10H2,1-2H3;/q;-1/p+1. The van der Waals surface area contributed by atoms with Gasteiger partial charge in [0.1, 0.15) is 0 Å². The quantitative estimate of drug-likeness (QED) is 0.681. The van der Waals surface area contributed by atoms with Crippen LogP contribution in [0, 0.1) is 11.8 Å². The second-order valence-electron chi connectivity index (χ2n) is 4.14. The summed E-state index contributed by atoms with van der Waals surface area (Å²) in [6.45, 7) is 12.2. The van der Waals surface area contributed by atoms with Gasteiger partial charge in [-0.1, -0.05) is 20.3 Å². The molecule has 0 spiro atoms. The van der Waals surface area contributed by atoms with E-state index in [1.807, 2.05) is 4.90 Å². The van der Waals surface area contributed by atoms with Crippen molar-refractivity contribution in [3.05, 3.63) is 6.57 Å². The molecule has 2 heteroatoms. The zero-order chi connectivity index (χ0) is 10.8. The number of rotatable bonds is 4. The van der Waals surface area contributed by atoms with Crippen molar-refractivity contribution in [2.75, 3.05) is 13.1 Å². The van der Waals surface area contributed by atoms with Gasteiger partial charge in [0.2, 0.25) is 0 Å². The summed E-state index contributed by atoms with van der Waals surface area (Å²) in [6.07, 6.45) is 8.62. The molecule has 1 saturated heterocycles. The topological polar surface area (TPSA) is 28.2 Å². The van der Waals surface area contributed by atoms with Crippen LogP contribution in [0.25, 0.3) is 0 Å². The van der Waals surface area contributed by atoms with Crippen molar-refractivity contribution in [2.24, 2.45) is 0 Å². The van der Waals surface area contributed by atoms with E-state index in [9.17, 15) is 0 Å². The molecule has 14 heavy (non-hydrogen) atoms. The van der Waals surface area contributed by atoms with E-state index in [0.29, 0.717) is 0 Å². The molecule has 0 aromatic rings. The van der Waals surface area contributed by atoms with E-state index in [1.54, 1.807) is 0 Å². The summed E-state index contributed by atoms with van der Waals surface area (Å²) < 4.78 is 0. The molecule has 1 aliphatic rings. The van der Waals surface area contributed by atoms with Crippen LogP contribution in [0.15, 0.2) is 0 Å². The first-order valence-corrected chi connectivity index (χ1v) is 5.95. The lowest BCUT2D eigenvalue weighted by atomic mass is 9.98. The van der Waals surface area contributed by atoms with Crippen LogP contribution in [-0.4, -0.2) is 19.1 Å². The van der Waals surface area contributed by atoms with Crippen LogP contribution >= 0.6 is 0 Å². The number of quaternary nitrogens is 1. The zero-order valence-electron chi connectivity index (χ0n) is 9.68. The number of hydrogen-bond donors (Lipinski definition) is 1. The van der Waals surface area contributed by atoms with Crippen molar-refractivity contribution < 1.29 is 4.90 Å². The van der Waals surface area contributed by atoms with E-state index >= 15 is 0 Å². The van der Waals surface area contributed by atoms with Crippen LogP contribution in [0.5, 0.6) is 0 Å². The molecule has 1 N–H and O–H groups in total. The molecule has 0 aromatic carbocycles. The Morgan fingerprint density at radius 3 is 2.50 bits per heavy atom. The van der Waals surface area contributed by atoms with Gasteiger partial charge in [0.05, 0.1) is 19.1 Å². The first-order valence-electron chi connectivity index (χ1n) is 5.95. The largest absolute Gasteiger partial charge is 0.512 e. The van der Waals surface area contributed by atoms with Crippen LogP contribution in [-0.2, 0) is 0 Å². The van der Waals surface area contributed by atoms with Gasteiger partial charge in [0, 0.05) is 0 Å². The maximum atomic E-state index is 6.25. The summed E-state index contributed by atoms with van der Waals surface area (Å²) in [5.74, 6) is 0. The second kappa shape index (κ2) is 9.02. The van der Waals surface area contributed by atoms with E-state index in [1.165, 1.54) is 51.6 Å². The van der Waals surface area contributed by atoms with Gasteiger partial charge >= 0.3 is 0 Å². The molecule has 1 rings (SSSR count). The summed E-state index contributed by atoms with van der Waals surface area (Å²) in [4.78, 5) is 1.89. The molecule has 1 aliphatic heterocycles. The molecule has 0 bridgehead atoms. The number of likely N-dealkylation sites (tertiary alicyclic amines) is 1. The van der Waals surface area contributed by atoms with Crippen LogP contribution in [0.4, 0.5) is 0 Å². The average molecular weight is 196 g/mol. The molecule has 82 valence electrons. The summed E-state index contributed by atoms with van der Waals surface area (Å²) in [5.41, 5.74) is 0. The lowest BCUT2D eigenvalue weighted by molar-refractivity contribution is -0.931. The van der Waals surface area contributed by atoms with E-state index in [2.05, 4.69) is 13.8 Å². The minimum atomic E-state index is 1.00. The zero-order valence-corrected chi connectivity index (χ0v) is 9.68. The number of piperidine rings is 1. The third kappa shape index (κ3) is 4.62. The summed E-state index contributed by atoms with van der Waals surface area (Å²) >= 11 is 0. The first-order chi connectivity index (χ1) is 6.88. The van der Waals surface area contributed by atoms with Crippen LogP contribution in [0.3, 0.4) is 0 Å². The highest BCUT2D eigenvalue weighted by atomic mass is 15.2.